The van der Waals surface area contributed by atoms with E-state index in [1.807, 2.05) is 31.2 Å². The molecule has 88 valence electrons. The average molecular weight is 220 g/mol. The summed E-state index contributed by atoms with van der Waals surface area (Å²) in [6.45, 7) is 9.25. The Labute approximate surface area is 97.9 Å². The van der Waals surface area contributed by atoms with E-state index in [0.29, 0.717) is 6.61 Å². The molecule has 16 heavy (non-hydrogen) atoms. The van der Waals surface area contributed by atoms with Crippen molar-refractivity contribution in [2.24, 2.45) is 0 Å². The fourth-order valence-electron chi connectivity index (χ4n) is 1.53. The van der Waals surface area contributed by atoms with Crippen LogP contribution in [0, 0.1) is 0 Å². The van der Waals surface area contributed by atoms with Crippen LogP contribution in [-0.4, -0.2) is 13.2 Å². The van der Waals surface area contributed by atoms with E-state index in [9.17, 15) is 0 Å². The number of hydrogen-bond donors (Lipinski definition) is 0. The molecule has 2 nitrogen and oxygen atoms in total. The molecule has 1 aromatic carbocycles. The molecule has 0 aliphatic heterocycles. The predicted octanol–water partition coefficient (Wildman–Crippen LogP) is 3.60. The Morgan fingerprint density at radius 1 is 1.19 bits per heavy atom. The summed E-state index contributed by atoms with van der Waals surface area (Å²) in [7, 11) is 0. The average Bonchev–Trinajstić information content (AvgIpc) is 2.30. The van der Waals surface area contributed by atoms with Crippen LogP contribution in [0.3, 0.4) is 0 Å². The number of rotatable bonds is 7. The van der Waals surface area contributed by atoms with Crippen molar-refractivity contribution in [2.75, 3.05) is 13.2 Å². The van der Waals surface area contributed by atoms with Gasteiger partial charge in [-0.15, -0.1) is 6.58 Å². The molecule has 0 unspecified atom stereocenters. The normalized spacial score (nSPS) is 9.88. The van der Waals surface area contributed by atoms with Gasteiger partial charge in [0.15, 0.2) is 0 Å². The minimum Gasteiger partial charge on any atom is -0.493 e. The molecular weight excluding hydrogens is 200 g/mol. The maximum absolute atomic E-state index is 5.70. The van der Waals surface area contributed by atoms with E-state index in [1.54, 1.807) is 0 Å². The van der Waals surface area contributed by atoms with Crippen molar-refractivity contribution < 1.29 is 9.47 Å². The van der Waals surface area contributed by atoms with Crippen molar-refractivity contribution in [1.29, 1.82) is 0 Å². The highest BCUT2D eigenvalue weighted by Gasteiger charge is 2.08. The third-order valence-corrected chi connectivity index (χ3v) is 2.20. The lowest BCUT2D eigenvalue weighted by atomic mass is 10.1. The van der Waals surface area contributed by atoms with Gasteiger partial charge in [-0.2, -0.15) is 0 Å². The Kier molecular flexibility index (Phi) is 5.48. The second-order valence-corrected chi connectivity index (χ2v) is 3.51. The molecule has 1 aromatic rings. The van der Waals surface area contributed by atoms with Gasteiger partial charge in [0.05, 0.1) is 13.2 Å². The number of allylic oxidation sites excluding steroid dienone is 1. The molecule has 0 saturated heterocycles. The number of ether oxygens (including phenoxy) is 2. The molecule has 0 bridgehead atoms. The van der Waals surface area contributed by atoms with Gasteiger partial charge in [-0.1, -0.05) is 19.1 Å². The summed E-state index contributed by atoms with van der Waals surface area (Å²) >= 11 is 0. The number of benzene rings is 1. The highest BCUT2D eigenvalue weighted by molar-refractivity contribution is 5.45. The summed E-state index contributed by atoms with van der Waals surface area (Å²) in [5.74, 6) is 1.81. The first kappa shape index (κ1) is 12.6. The van der Waals surface area contributed by atoms with Gasteiger partial charge in [0.2, 0.25) is 0 Å². The lowest BCUT2D eigenvalue weighted by Crippen LogP contribution is -2.02. The fourth-order valence-corrected chi connectivity index (χ4v) is 1.53. The van der Waals surface area contributed by atoms with E-state index in [2.05, 4.69) is 13.5 Å². The van der Waals surface area contributed by atoms with Gasteiger partial charge in [-0.25, -0.2) is 0 Å². The Hall–Kier alpha value is -1.44. The lowest BCUT2D eigenvalue weighted by molar-refractivity contribution is 0.304. The SMILES string of the molecule is C=CCc1c(OCC)cccc1OCCC. The van der Waals surface area contributed by atoms with Gasteiger partial charge in [0, 0.05) is 5.56 Å². The zero-order valence-electron chi connectivity index (χ0n) is 10.2. The van der Waals surface area contributed by atoms with Crippen molar-refractivity contribution in [2.45, 2.75) is 26.7 Å². The monoisotopic (exact) mass is 220 g/mol. The molecule has 0 heterocycles. The highest BCUT2D eigenvalue weighted by atomic mass is 16.5. The first-order valence-corrected chi connectivity index (χ1v) is 5.81. The van der Waals surface area contributed by atoms with Crippen molar-refractivity contribution in [3.05, 3.63) is 36.4 Å². The van der Waals surface area contributed by atoms with Crippen molar-refractivity contribution in [3.8, 4) is 11.5 Å². The van der Waals surface area contributed by atoms with Crippen molar-refractivity contribution in [3.63, 3.8) is 0 Å². The van der Waals surface area contributed by atoms with Crippen LogP contribution >= 0.6 is 0 Å². The Balaban J connectivity index is 2.95. The lowest BCUT2D eigenvalue weighted by Gasteiger charge is -2.14. The minimum absolute atomic E-state index is 0.668. The molecule has 0 aliphatic rings. The molecule has 0 aromatic heterocycles. The summed E-state index contributed by atoms with van der Waals surface area (Å²) in [5, 5.41) is 0. The molecule has 0 radical (unpaired) electrons. The van der Waals surface area contributed by atoms with Crippen LogP contribution in [-0.2, 0) is 6.42 Å². The summed E-state index contributed by atoms with van der Waals surface area (Å²) in [5.41, 5.74) is 1.09. The van der Waals surface area contributed by atoms with E-state index in [-0.39, 0.29) is 0 Å². The third kappa shape index (κ3) is 3.30. The largest absolute Gasteiger partial charge is 0.493 e. The highest BCUT2D eigenvalue weighted by Crippen LogP contribution is 2.29. The van der Waals surface area contributed by atoms with Crippen LogP contribution in [0.5, 0.6) is 11.5 Å². The molecular formula is C14H20O2. The molecule has 1 rings (SSSR count). The van der Waals surface area contributed by atoms with Gasteiger partial charge >= 0.3 is 0 Å². The Morgan fingerprint density at radius 2 is 1.88 bits per heavy atom. The smallest absolute Gasteiger partial charge is 0.126 e. The first-order chi connectivity index (χ1) is 7.83. The van der Waals surface area contributed by atoms with Crippen LogP contribution in [0.2, 0.25) is 0 Å². The molecule has 0 N–H and O–H groups in total. The topological polar surface area (TPSA) is 18.5 Å². The Bertz CT molecular complexity index is 332. The van der Waals surface area contributed by atoms with Crippen molar-refractivity contribution in [1.82, 2.24) is 0 Å². The van der Waals surface area contributed by atoms with Crippen molar-refractivity contribution >= 4 is 0 Å². The van der Waals surface area contributed by atoms with E-state index in [1.165, 1.54) is 0 Å². The summed E-state index contributed by atoms with van der Waals surface area (Å²) in [6.07, 6.45) is 3.65. The van der Waals surface area contributed by atoms with E-state index in [0.717, 1.165) is 36.5 Å². The van der Waals surface area contributed by atoms with Gasteiger partial charge in [0.1, 0.15) is 11.5 Å². The van der Waals surface area contributed by atoms with Crippen LogP contribution in [0.15, 0.2) is 30.9 Å². The van der Waals surface area contributed by atoms with E-state index < -0.39 is 0 Å². The molecule has 0 aliphatic carbocycles. The summed E-state index contributed by atoms with van der Waals surface area (Å²) in [6, 6.07) is 5.92. The second kappa shape index (κ2) is 6.94. The fraction of sp³-hybridized carbons (Fsp3) is 0.429. The summed E-state index contributed by atoms with van der Waals surface area (Å²) < 4.78 is 11.3. The minimum atomic E-state index is 0.668. The van der Waals surface area contributed by atoms with Crippen LogP contribution in [0.25, 0.3) is 0 Å². The molecule has 0 atom stereocenters. The van der Waals surface area contributed by atoms with Gasteiger partial charge in [0.25, 0.3) is 0 Å². The van der Waals surface area contributed by atoms with Crippen LogP contribution in [0.4, 0.5) is 0 Å². The first-order valence-electron chi connectivity index (χ1n) is 5.81. The van der Waals surface area contributed by atoms with Gasteiger partial charge in [-0.3, -0.25) is 0 Å². The van der Waals surface area contributed by atoms with Gasteiger partial charge in [-0.05, 0) is 31.9 Å². The standard InChI is InChI=1S/C14H20O2/c1-4-8-12-13(15-6-3)9-7-10-14(12)16-11-5-2/h4,7,9-10H,1,5-6,8,11H2,2-3H3. The molecule has 0 spiro atoms. The number of hydrogen-bond acceptors (Lipinski definition) is 2. The molecule has 0 amide bonds. The predicted molar refractivity (Wildman–Crippen MR) is 67.3 cm³/mol. The molecule has 2 heteroatoms. The Morgan fingerprint density at radius 3 is 2.44 bits per heavy atom. The quantitative estimate of drug-likeness (QED) is 0.654. The van der Waals surface area contributed by atoms with E-state index in [4.69, 9.17) is 9.47 Å². The van der Waals surface area contributed by atoms with Crippen LogP contribution in [0.1, 0.15) is 25.8 Å². The van der Waals surface area contributed by atoms with Crippen LogP contribution < -0.4 is 9.47 Å². The van der Waals surface area contributed by atoms with E-state index >= 15 is 0 Å². The second-order valence-electron chi connectivity index (χ2n) is 3.51. The zero-order valence-corrected chi connectivity index (χ0v) is 10.2. The zero-order chi connectivity index (χ0) is 11.8. The van der Waals surface area contributed by atoms with Gasteiger partial charge < -0.3 is 9.47 Å². The third-order valence-electron chi connectivity index (χ3n) is 2.20. The molecule has 0 fully saturated rings. The molecule has 0 saturated carbocycles. The summed E-state index contributed by atoms with van der Waals surface area (Å²) in [4.78, 5) is 0. The maximum atomic E-state index is 5.70. The maximum Gasteiger partial charge on any atom is 0.126 e.